The number of carbonyl (C=O) groups is 2. The number of hydrogen-bond acceptors (Lipinski definition) is 6. The molecule has 0 atom stereocenters. The molecular formula is C25H25AsN3O4. The summed E-state index contributed by atoms with van der Waals surface area (Å²) in [4.78, 5) is 29.6. The van der Waals surface area contributed by atoms with E-state index in [-0.39, 0.29) is 16.4 Å². The van der Waals surface area contributed by atoms with Gasteiger partial charge in [-0.05, 0) is 0 Å². The number of aromatic nitrogens is 1. The summed E-state index contributed by atoms with van der Waals surface area (Å²) >= 11 is -0.889. The third kappa shape index (κ3) is 6.29. The van der Waals surface area contributed by atoms with E-state index in [1.165, 1.54) is 0 Å². The van der Waals surface area contributed by atoms with Crippen LogP contribution in [0.2, 0.25) is 0 Å². The number of nitrogens with one attached hydrogen (secondary N) is 2. The van der Waals surface area contributed by atoms with Crippen molar-refractivity contribution < 1.29 is 18.1 Å². The predicted octanol–water partition coefficient (Wildman–Crippen LogP) is 4.26. The number of ether oxygens (including phenoxy) is 1. The molecule has 0 unspecified atom stereocenters. The van der Waals surface area contributed by atoms with Crippen LogP contribution in [-0.4, -0.2) is 51.9 Å². The van der Waals surface area contributed by atoms with E-state index in [0.717, 1.165) is 22.5 Å². The molecule has 1 saturated heterocycles. The molecule has 7 nitrogen and oxygen atoms in total. The van der Waals surface area contributed by atoms with Gasteiger partial charge in [0.05, 0.1) is 0 Å². The third-order valence-electron chi connectivity index (χ3n) is 5.35. The topological polar surface area (TPSA) is 89.5 Å². The van der Waals surface area contributed by atoms with Crippen LogP contribution < -0.4 is 10.6 Å². The third-order valence-corrected chi connectivity index (χ3v) is 6.63. The Labute approximate surface area is 199 Å². The molecule has 1 amide bonds. The van der Waals surface area contributed by atoms with Crippen LogP contribution in [0.1, 0.15) is 23.2 Å². The molecule has 169 valence electrons. The number of rotatable bonds is 8. The molecule has 1 aromatic heterocycles. The summed E-state index contributed by atoms with van der Waals surface area (Å²) in [5.74, 6) is 0.383. The minimum absolute atomic E-state index is 0.0196. The number of carbonyl (C=O) groups excluding carboxylic acids is 2. The van der Waals surface area contributed by atoms with Gasteiger partial charge < -0.3 is 4.74 Å². The van der Waals surface area contributed by atoms with Crippen molar-refractivity contribution in [2.24, 2.45) is 5.92 Å². The molecule has 4 rings (SSSR count). The average Bonchev–Trinajstić information content (AvgIpc) is 2.85. The molecule has 2 N–H and O–H groups in total. The van der Waals surface area contributed by atoms with Crippen molar-refractivity contribution in [2.45, 2.75) is 12.8 Å². The first-order valence-corrected chi connectivity index (χ1v) is 12.4. The second-order valence-corrected chi connectivity index (χ2v) is 9.68. The molecule has 2 aromatic carbocycles. The quantitative estimate of drug-likeness (QED) is 0.444. The molecule has 33 heavy (non-hydrogen) atoms. The number of pyridine rings is 1. The van der Waals surface area contributed by atoms with E-state index < -0.39 is 16.1 Å². The summed E-state index contributed by atoms with van der Waals surface area (Å²) in [6.45, 7) is 1.21. The molecule has 1 aliphatic rings. The second-order valence-electron chi connectivity index (χ2n) is 7.67. The monoisotopic (exact) mass is 506 g/mol. The van der Waals surface area contributed by atoms with Crippen molar-refractivity contribution >= 4 is 43.8 Å². The molecule has 1 fully saturated rings. The standard InChI is InChI=1S/C25H25AsN3O4/c1-32-26-24(30)20-13-19(14-22(15-20)28-21-5-3-2-4-6-21)18-7-10-27-23(16-18)29-25(31)17-8-11-33-12-9-17/h2-7,10,13-17,28H,8-9,11-12H2,1H3,(H,27,29,31). The van der Waals surface area contributed by atoms with E-state index in [1.54, 1.807) is 13.3 Å². The minimum atomic E-state index is -0.889. The first-order valence-electron chi connectivity index (χ1n) is 10.7. The molecule has 1 aliphatic heterocycles. The van der Waals surface area contributed by atoms with Crippen LogP contribution in [-0.2, 0) is 13.3 Å². The van der Waals surface area contributed by atoms with E-state index in [0.29, 0.717) is 37.4 Å². The Morgan fingerprint density at radius 2 is 1.79 bits per heavy atom. The van der Waals surface area contributed by atoms with E-state index >= 15 is 0 Å². The number of hydrogen-bond donors (Lipinski definition) is 2. The Balaban J connectivity index is 1.62. The summed E-state index contributed by atoms with van der Waals surface area (Å²) in [6, 6.07) is 19.1. The Morgan fingerprint density at radius 1 is 1.00 bits per heavy atom. The molecule has 1 radical (unpaired) electrons. The van der Waals surface area contributed by atoms with E-state index in [2.05, 4.69) is 15.6 Å². The number of para-hydroxylation sites is 1. The zero-order chi connectivity index (χ0) is 23.0. The molecule has 0 saturated carbocycles. The molecule has 0 aliphatic carbocycles. The normalized spacial score (nSPS) is 14.3. The van der Waals surface area contributed by atoms with Crippen LogP contribution in [0.4, 0.5) is 17.2 Å². The molecule has 3 aromatic rings. The summed E-state index contributed by atoms with van der Waals surface area (Å²) in [5, 5.41) is 6.29. The fourth-order valence-corrected chi connectivity index (χ4v) is 4.52. The molecule has 0 bridgehead atoms. The van der Waals surface area contributed by atoms with E-state index in [1.807, 2.05) is 60.7 Å². The van der Waals surface area contributed by atoms with Crippen molar-refractivity contribution in [1.82, 2.24) is 4.98 Å². The Morgan fingerprint density at radius 3 is 2.55 bits per heavy atom. The summed E-state index contributed by atoms with van der Waals surface area (Å²) in [6.07, 6.45) is 3.09. The van der Waals surface area contributed by atoms with Crippen molar-refractivity contribution in [2.75, 3.05) is 31.0 Å². The first kappa shape index (κ1) is 23.2. The number of benzene rings is 2. The molecule has 0 spiro atoms. The predicted molar refractivity (Wildman–Crippen MR) is 129 cm³/mol. The summed E-state index contributed by atoms with van der Waals surface area (Å²) < 4.78 is 10.5. The zero-order valence-electron chi connectivity index (χ0n) is 18.3. The van der Waals surface area contributed by atoms with Crippen LogP contribution in [0.5, 0.6) is 0 Å². The fraction of sp³-hybridized carbons (Fsp3) is 0.240. The SMILES string of the molecule is CO[As]C(=O)c1cc(Nc2ccccc2)cc(-c2ccnc(NC(=O)C3CCOCC3)c2)c1. The van der Waals surface area contributed by atoms with Crippen LogP contribution in [0.15, 0.2) is 66.9 Å². The van der Waals surface area contributed by atoms with Gasteiger partial charge in [-0.2, -0.15) is 0 Å². The van der Waals surface area contributed by atoms with Gasteiger partial charge in [0.2, 0.25) is 0 Å². The number of amides is 1. The van der Waals surface area contributed by atoms with E-state index in [9.17, 15) is 9.59 Å². The Bertz CT molecular complexity index is 1120. The van der Waals surface area contributed by atoms with Crippen LogP contribution >= 0.6 is 0 Å². The van der Waals surface area contributed by atoms with Crippen molar-refractivity contribution in [1.29, 1.82) is 0 Å². The van der Waals surface area contributed by atoms with Crippen LogP contribution in [0.3, 0.4) is 0 Å². The summed E-state index contributed by atoms with van der Waals surface area (Å²) in [5.41, 5.74) is 4.00. The van der Waals surface area contributed by atoms with Crippen molar-refractivity contribution in [3.8, 4) is 11.1 Å². The average molecular weight is 506 g/mol. The van der Waals surface area contributed by atoms with Gasteiger partial charge in [-0.1, -0.05) is 0 Å². The summed E-state index contributed by atoms with van der Waals surface area (Å²) in [7, 11) is 1.54. The van der Waals surface area contributed by atoms with Gasteiger partial charge in [0, 0.05) is 0 Å². The zero-order valence-corrected chi connectivity index (χ0v) is 20.2. The van der Waals surface area contributed by atoms with E-state index in [4.69, 9.17) is 8.46 Å². The van der Waals surface area contributed by atoms with Crippen LogP contribution in [0, 0.1) is 5.92 Å². The molecule has 2 heterocycles. The van der Waals surface area contributed by atoms with Gasteiger partial charge in [-0.3, -0.25) is 0 Å². The molecule has 8 heteroatoms. The van der Waals surface area contributed by atoms with Gasteiger partial charge in [-0.15, -0.1) is 0 Å². The van der Waals surface area contributed by atoms with Crippen LogP contribution in [0.25, 0.3) is 11.1 Å². The van der Waals surface area contributed by atoms with Gasteiger partial charge in [0.15, 0.2) is 0 Å². The Hall–Kier alpha value is -2.99. The van der Waals surface area contributed by atoms with Gasteiger partial charge in [-0.25, -0.2) is 0 Å². The van der Waals surface area contributed by atoms with Crippen molar-refractivity contribution in [3.63, 3.8) is 0 Å². The fourth-order valence-electron chi connectivity index (χ4n) is 3.68. The molecular weight excluding hydrogens is 481 g/mol. The number of nitrogens with zero attached hydrogens (tertiary/aromatic N) is 1. The van der Waals surface area contributed by atoms with Crippen molar-refractivity contribution in [3.05, 3.63) is 72.4 Å². The van der Waals surface area contributed by atoms with Gasteiger partial charge in [0.1, 0.15) is 0 Å². The second kappa shape index (κ2) is 11.2. The number of anilines is 3. The van der Waals surface area contributed by atoms with Gasteiger partial charge in [0.25, 0.3) is 0 Å². The maximum absolute atomic E-state index is 12.6. The maximum atomic E-state index is 12.6. The first-order chi connectivity index (χ1) is 16.1. The Kier molecular flexibility index (Phi) is 7.89. The van der Waals surface area contributed by atoms with Gasteiger partial charge >= 0.3 is 195 Å².